The smallest absolute Gasteiger partial charge is 0.224 e. The molecular formula is C22H17Br2ClN4O. The quantitative estimate of drug-likeness (QED) is 0.214. The molecule has 152 valence electrons. The second kappa shape index (κ2) is 9.20. The van der Waals surface area contributed by atoms with Crippen LogP contribution in [0.1, 0.15) is 11.1 Å². The number of halogens is 3. The van der Waals surface area contributed by atoms with Crippen LogP contribution in [0.4, 0.5) is 5.95 Å². The maximum atomic E-state index is 6.21. The Balaban J connectivity index is 1.47. The third-order valence-electron chi connectivity index (χ3n) is 4.52. The van der Waals surface area contributed by atoms with E-state index in [1.54, 1.807) is 6.21 Å². The largest absolute Gasteiger partial charge is 0.486 e. The Kier molecular flexibility index (Phi) is 6.41. The average molecular weight is 549 g/mol. The zero-order valence-electron chi connectivity index (χ0n) is 15.9. The number of para-hydroxylation sites is 2. The highest BCUT2D eigenvalue weighted by Crippen LogP contribution is 2.35. The summed E-state index contributed by atoms with van der Waals surface area (Å²) in [6, 6.07) is 19.4. The van der Waals surface area contributed by atoms with Gasteiger partial charge in [-0.1, -0.05) is 41.9 Å². The van der Waals surface area contributed by atoms with Crippen LogP contribution in [0.3, 0.4) is 0 Å². The molecule has 5 nitrogen and oxygen atoms in total. The lowest BCUT2D eigenvalue weighted by atomic mass is 10.2. The van der Waals surface area contributed by atoms with Gasteiger partial charge in [-0.05, 0) is 67.8 Å². The number of aryl methyl sites for hydroxylation is 1. The fourth-order valence-corrected chi connectivity index (χ4v) is 4.61. The summed E-state index contributed by atoms with van der Waals surface area (Å²) in [7, 11) is 1.95. The SMILES string of the molecule is Cn1c(N/N=C\c2cc(Br)c(OCc3ccccc3Cl)c(Br)c2)nc2ccccc21. The molecular weight excluding hydrogens is 532 g/mol. The highest BCUT2D eigenvalue weighted by molar-refractivity contribution is 9.11. The van der Waals surface area contributed by atoms with Crippen molar-refractivity contribution in [2.75, 3.05) is 5.43 Å². The molecule has 3 aromatic carbocycles. The molecule has 0 aliphatic rings. The van der Waals surface area contributed by atoms with Crippen LogP contribution in [0.2, 0.25) is 5.02 Å². The number of hydrazone groups is 1. The number of hydrogen-bond donors (Lipinski definition) is 1. The van der Waals surface area contributed by atoms with E-state index < -0.39 is 0 Å². The molecule has 0 fully saturated rings. The summed E-state index contributed by atoms with van der Waals surface area (Å²) < 4.78 is 9.55. The fraction of sp³-hybridized carbons (Fsp3) is 0.0909. The first-order valence-electron chi connectivity index (χ1n) is 9.08. The van der Waals surface area contributed by atoms with Crippen molar-refractivity contribution in [3.8, 4) is 5.75 Å². The fourth-order valence-electron chi connectivity index (χ4n) is 2.97. The molecule has 0 radical (unpaired) electrons. The number of benzene rings is 3. The van der Waals surface area contributed by atoms with Crippen LogP contribution in [0.15, 0.2) is 74.7 Å². The molecule has 0 saturated heterocycles. The summed E-state index contributed by atoms with van der Waals surface area (Å²) in [5.74, 6) is 1.38. The van der Waals surface area contributed by atoms with E-state index in [1.807, 2.05) is 72.3 Å². The standard InChI is InChI=1S/C22H17Br2ClN4O/c1-29-20-9-5-4-8-19(20)27-22(29)28-26-12-14-10-16(23)21(17(24)11-14)30-13-15-6-2-3-7-18(15)25/h2-12H,13H2,1H3,(H,27,28)/b26-12-. The molecule has 8 heteroatoms. The van der Waals surface area contributed by atoms with Crippen molar-refractivity contribution in [2.24, 2.45) is 12.1 Å². The predicted octanol–water partition coefficient (Wildman–Crippen LogP) is 6.78. The number of anilines is 1. The highest BCUT2D eigenvalue weighted by atomic mass is 79.9. The van der Waals surface area contributed by atoms with Crippen LogP contribution in [0.25, 0.3) is 11.0 Å². The molecule has 0 bridgehead atoms. The number of rotatable bonds is 6. The van der Waals surface area contributed by atoms with Gasteiger partial charge in [-0.25, -0.2) is 10.4 Å². The van der Waals surface area contributed by atoms with Crippen LogP contribution in [-0.2, 0) is 13.7 Å². The molecule has 0 spiro atoms. The van der Waals surface area contributed by atoms with Crippen LogP contribution in [-0.4, -0.2) is 15.8 Å². The summed E-state index contributed by atoms with van der Waals surface area (Å²) in [5, 5.41) is 5.01. The summed E-state index contributed by atoms with van der Waals surface area (Å²) in [6.45, 7) is 0.374. The second-order valence-corrected chi connectivity index (χ2v) is 8.66. The number of imidazole rings is 1. The molecule has 0 amide bonds. The lowest BCUT2D eigenvalue weighted by Crippen LogP contribution is -2.00. The first-order chi connectivity index (χ1) is 14.5. The van der Waals surface area contributed by atoms with Crippen molar-refractivity contribution in [3.63, 3.8) is 0 Å². The molecule has 1 heterocycles. The van der Waals surface area contributed by atoms with Gasteiger partial charge in [0.2, 0.25) is 5.95 Å². The predicted molar refractivity (Wildman–Crippen MR) is 130 cm³/mol. The Morgan fingerprint density at radius 1 is 1.10 bits per heavy atom. The molecule has 4 aromatic rings. The maximum absolute atomic E-state index is 6.21. The second-order valence-electron chi connectivity index (χ2n) is 6.55. The molecule has 0 saturated carbocycles. The van der Waals surface area contributed by atoms with E-state index in [4.69, 9.17) is 16.3 Å². The molecule has 0 aliphatic heterocycles. The minimum Gasteiger partial charge on any atom is -0.486 e. The Morgan fingerprint density at radius 3 is 2.53 bits per heavy atom. The molecule has 0 atom stereocenters. The van der Waals surface area contributed by atoms with E-state index in [-0.39, 0.29) is 0 Å². The number of ether oxygens (including phenoxy) is 1. The Morgan fingerprint density at radius 2 is 1.80 bits per heavy atom. The van der Waals surface area contributed by atoms with Crippen LogP contribution in [0, 0.1) is 0 Å². The van der Waals surface area contributed by atoms with Gasteiger partial charge in [0.1, 0.15) is 12.4 Å². The monoisotopic (exact) mass is 546 g/mol. The van der Waals surface area contributed by atoms with E-state index in [1.165, 1.54) is 0 Å². The lowest BCUT2D eigenvalue weighted by molar-refractivity contribution is 0.302. The molecule has 1 N–H and O–H groups in total. The molecule has 0 unspecified atom stereocenters. The van der Waals surface area contributed by atoms with Crippen molar-refractivity contribution in [1.29, 1.82) is 0 Å². The third-order valence-corrected chi connectivity index (χ3v) is 6.06. The molecule has 4 rings (SSSR count). The van der Waals surface area contributed by atoms with Crippen molar-refractivity contribution >= 4 is 66.7 Å². The number of aromatic nitrogens is 2. The number of nitrogens with zero attached hydrogens (tertiary/aromatic N) is 3. The normalized spacial score (nSPS) is 11.3. The van der Waals surface area contributed by atoms with Gasteiger partial charge < -0.3 is 9.30 Å². The third kappa shape index (κ3) is 4.53. The van der Waals surface area contributed by atoms with Gasteiger partial charge in [0.25, 0.3) is 0 Å². The first-order valence-corrected chi connectivity index (χ1v) is 11.0. The molecule has 30 heavy (non-hydrogen) atoms. The topological polar surface area (TPSA) is 51.4 Å². The van der Waals surface area contributed by atoms with Crippen LogP contribution >= 0.6 is 43.5 Å². The minimum absolute atomic E-state index is 0.374. The number of fused-ring (bicyclic) bond motifs is 1. The Hall–Kier alpha value is -2.35. The van der Waals surface area contributed by atoms with Crippen LogP contribution in [0.5, 0.6) is 5.75 Å². The Bertz CT molecular complexity index is 1220. The van der Waals surface area contributed by atoms with E-state index in [2.05, 4.69) is 47.4 Å². The van der Waals surface area contributed by atoms with Gasteiger partial charge in [0.15, 0.2) is 0 Å². The minimum atomic E-state index is 0.374. The van der Waals surface area contributed by atoms with E-state index in [0.717, 1.165) is 31.1 Å². The zero-order chi connectivity index (χ0) is 21.1. The summed E-state index contributed by atoms with van der Waals surface area (Å²) in [4.78, 5) is 4.54. The van der Waals surface area contributed by atoms with Gasteiger partial charge in [-0.3, -0.25) is 0 Å². The first kappa shape index (κ1) is 20.9. The summed E-state index contributed by atoms with van der Waals surface area (Å²) in [6.07, 6.45) is 1.73. The van der Waals surface area contributed by atoms with E-state index in [9.17, 15) is 0 Å². The lowest BCUT2D eigenvalue weighted by Gasteiger charge is -2.12. The molecule has 0 aliphatic carbocycles. The van der Waals surface area contributed by atoms with Gasteiger partial charge in [0.05, 0.1) is 26.2 Å². The highest BCUT2D eigenvalue weighted by Gasteiger charge is 2.10. The van der Waals surface area contributed by atoms with Crippen molar-refractivity contribution < 1.29 is 4.74 Å². The molecule has 1 aromatic heterocycles. The van der Waals surface area contributed by atoms with Crippen molar-refractivity contribution in [3.05, 3.63) is 85.8 Å². The van der Waals surface area contributed by atoms with Gasteiger partial charge in [-0.15, -0.1) is 0 Å². The zero-order valence-corrected chi connectivity index (χ0v) is 19.9. The maximum Gasteiger partial charge on any atom is 0.224 e. The van der Waals surface area contributed by atoms with E-state index in [0.29, 0.717) is 23.3 Å². The van der Waals surface area contributed by atoms with E-state index >= 15 is 0 Å². The van der Waals surface area contributed by atoms with Crippen molar-refractivity contribution in [2.45, 2.75) is 6.61 Å². The van der Waals surface area contributed by atoms with Gasteiger partial charge >= 0.3 is 0 Å². The number of nitrogens with one attached hydrogen (secondary N) is 1. The number of hydrogen-bond acceptors (Lipinski definition) is 4. The van der Waals surface area contributed by atoms with Gasteiger partial charge in [0, 0.05) is 17.6 Å². The van der Waals surface area contributed by atoms with Crippen LogP contribution < -0.4 is 10.2 Å². The van der Waals surface area contributed by atoms with Gasteiger partial charge in [-0.2, -0.15) is 5.10 Å². The summed E-state index contributed by atoms with van der Waals surface area (Å²) >= 11 is 13.4. The van der Waals surface area contributed by atoms with Crippen molar-refractivity contribution in [1.82, 2.24) is 9.55 Å². The average Bonchev–Trinajstić information content (AvgIpc) is 3.05. The Labute approximate surface area is 196 Å². The summed E-state index contributed by atoms with van der Waals surface area (Å²) in [5.41, 5.74) is 6.78.